The molecule has 0 amide bonds. The van der Waals surface area contributed by atoms with Crippen LogP contribution in [-0.2, 0) is 25.5 Å². The first kappa shape index (κ1) is 23.5. The molecule has 6 atom stereocenters. The largest absolute Gasteiger partial charge is 0.458 e. The van der Waals surface area contributed by atoms with Gasteiger partial charge in [-0.3, -0.25) is 14.4 Å². The number of ketones is 2. The number of esters is 1. The summed E-state index contributed by atoms with van der Waals surface area (Å²) < 4.78 is 5.44. The summed E-state index contributed by atoms with van der Waals surface area (Å²) in [7, 11) is 0. The fourth-order valence-corrected chi connectivity index (χ4v) is 8.30. The number of aryl methyl sites for hydroxylation is 1. The van der Waals surface area contributed by atoms with Crippen molar-refractivity contribution in [3.8, 4) is 0 Å². The third-order valence-corrected chi connectivity index (χ3v) is 10.2. The molecular formula is C30H38O4. The zero-order valence-corrected chi connectivity index (χ0v) is 20.7. The molecule has 3 saturated carbocycles. The maximum Gasteiger partial charge on any atom is 0.306 e. The molecule has 5 rings (SSSR count). The maximum absolute atomic E-state index is 13.2. The molecule has 0 bridgehead atoms. The maximum atomic E-state index is 13.2. The first-order valence-corrected chi connectivity index (χ1v) is 13.3. The predicted octanol–water partition coefficient (Wildman–Crippen LogP) is 5.88. The average Bonchev–Trinajstić information content (AvgIpc) is 3.19. The quantitative estimate of drug-likeness (QED) is 0.495. The van der Waals surface area contributed by atoms with Crippen LogP contribution in [0.2, 0.25) is 0 Å². The van der Waals surface area contributed by atoms with Gasteiger partial charge in [0.15, 0.2) is 11.6 Å². The number of benzene rings is 1. The molecule has 4 aliphatic rings. The third-order valence-electron chi connectivity index (χ3n) is 10.2. The van der Waals surface area contributed by atoms with Crippen LogP contribution in [0.25, 0.3) is 0 Å². The molecular weight excluding hydrogens is 424 g/mol. The van der Waals surface area contributed by atoms with E-state index in [1.807, 2.05) is 36.4 Å². The van der Waals surface area contributed by atoms with Gasteiger partial charge >= 0.3 is 5.97 Å². The number of carbonyl (C=O) groups is 3. The molecule has 0 aliphatic heterocycles. The predicted molar refractivity (Wildman–Crippen MR) is 131 cm³/mol. The highest BCUT2D eigenvalue weighted by atomic mass is 16.5. The Bertz CT molecular complexity index is 994. The minimum Gasteiger partial charge on any atom is -0.458 e. The zero-order valence-electron chi connectivity index (χ0n) is 20.7. The Hall–Kier alpha value is -2.23. The Kier molecular flexibility index (Phi) is 6.29. The molecule has 1 aromatic rings. The molecule has 0 N–H and O–H groups in total. The summed E-state index contributed by atoms with van der Waals surface area (Å²) >= 11 is 0. The molecule has 1 aromatic carbocycles. The van der Waals surface area contributed by atoms with Crippen molar-refractivity contribution in [2.24, 2.45) is 34.5 Å². The van der Waals surface area contributed by atoms with Crippen LogP contribution < -0.4 is 0 Å². The molecule has 0 saturated heterocycles. The van der Waals surface area contributed by atoms with Crippen LogP contribution in [0.5, 0.6) is 0 Å². The summed E-state index contributed by atoms with van der Waals surface area (Å²) in [6.07, 6.45) is 11.0. The zero-order chi connectivity index (χ0) is 23.9. The van der Waals surface area contributed by atoms with Crippen LogP contribution >= 0.6 is 0 Å². The number of hydrogen-bond acceptors (Lipinski definition) is 4. The molecule has 6 unspecified atom stereocenters. The molecule has 4 heteroatoms. The van der Waals surface area contributed by atoms with Gasteiger partial charge in [0.1, 0.15) is 6.61 Å². The summed E-state index contributed by atoms with van der Waals surface area (Å²) in [5.74, 6) is 1.96. The van der Waals surface area contributed by atoms with Gasteiger partial charge in [-0.25, -0.2) is 0 Å². The van der Waals surface area contributed by atoms with E-state index in [9.17, 15) is 14.4 Å². The van der Waals surface area contributed by atoms with Crippen LogP contribution in [0, 0.1) is 34.5 Å². The monoisotopic (exact) mass is 462 g/mol. The van der Waals surface area contributed by atoms with Crippen molar-refractivity contribution in [1.82, 2.24) is 0 Å². The number of carbonyl (C=O) groups excluding carboxylic acids is 3. The molecule has 34 heavy (non-hydrogen) atoms. The number of ether oxygens (including phenoxy) is 1. The van der Waals surface area contributed by atoms with Gasteiger partial charge in [0.2, 0.25) is 0 Å². The van der Waals surface area contributed by atoms with Gasteiger partial charge in [-0.15, -0.1) is 0 Å². The highest BCUT2D eigenvalue weighted by Gasteiger charge is 2.60. The fourth-order valence-electron chi connectivity index (χ4n) is 8.30. The Labute approximate surface area is 203 Å². The summed E-state index contributed by atoms with van der Waals surface area (Å²) in [5, 5.41) is 0. The lowest BCUT2D eigenvalue weighted by atomic mass is 9.46. The van der Waals surface area contributed by atoms with E-state index in [2.05, 4.69) is 13.8 Å². The molecule has 4 nitrogen and oxygen atoms in total. The molecule has 0 radical (unpaired) electrons. The SMILES string of the molecule is CC12CCC(=O)C=C1CCC1C2CCC2(C)C(C(=O)COC(=O)CCc3ccccc3)CCC12. The average molecular weight is 463 g/mol. The Morgan fingerprint density at radius 1 is 0.971 bits per heavy atom. The topological polar surface area (TPSA) is 60.4 Å². The van der Waals surface area contributed by atoms with Crippen molar-refractivity contribution >= 4 is 17.5 Å². The van der Waals surface area contributed by atoms with Crippen LogP contribution in [0.3, 0.4) is 0 Å². The molecule has 182 valence electrons. The van der Waals surface area contributed by atoms with Crippen molar-refractivity contribution in [3.63, 3.8) is 0 Å². The summed E-state index contributed by atoms with van der Waals surface area (Å²) in [6.45, 7) is 4.65. The minimum atomic E-state index is -0.285. The van der Waals surface area contributed by atoms with Crippen LogP contribution in [-0.4, -0.2) is 24.1 Å². The van der Waals surface area contributed by atoms with E-state index in [0.717, 1.165) is 50.5 Å². The van der Waals surface area contributed by atoms with Gasteiger partial charge in [0.25, 0.3) is 0 Å². The lowest BCUT2D eigenvalue weighted by Gasteiger charge is -2.58. The van der Waals surface area contributed by atoms with E-state index in [4.69, 9.17) is 4.74 Å². The number of Topliss-reactive ketones (excluding diaryl/α,β-unsaturated/α-hetero) is 1. The smallest absolute Gasteiger partial charge is 0.306 e. The second kappa shape index (κ2) is 9.09. The lowest BCUT2D eigenvalue weighted by Crippen LogP contribution is -2.51. The first-order chi connectivity index (χ1) is 16.3. The van der Waals surface area contributed by atoms with Gasteiger partial charge in [0, 0.05) is 18.8 Å². The summed E-state index contributed by atoms with van der Waals surface area (Å²) in [4.78, 5) is 37.6. The first-order valence-electron chi connectivity index (χ1n) is 13.3. The normalized spacial score (nSPS) is 36.6. The number of fused-ring (bicyclic) bond motifs is 5. The van der Waals surface area contributed by atoms with Crippen LogP contribution in [0.4, 0.5) is 0 Å². The van der Waals surface area contributed by atoms with Gasteiger partial charge < -0.3 is 4.74 Å². The van der Waals surface area contributed by atoms with Crippen LogP contribution in [0.1, 0.15) is 77.2 Å². The van der Waals surface area contributed by atoms with Gasteiger partial charge in [-0.05, 0) is 91.6 Å². The Balaban J connectivity index is 1.20. The van der Waals surface area contributed by atoms with Gasteiger partial charge in [-0.2, -0.15) is 0 Å². The Morgan fingerprint density at radius 2 is 1.76 bits per heavy atom. The van der Waals surface area contributed by atoms with Gasteiger partial charge in [0.05, 0.1) is 0 Å². The van der Waals surface area contributed by atoms with E-state index < -0.39 is 0 Å². The molecule has 0 heterocycles. The second-order valence-electron chi connectivity index (χ2n) is 11.8. The molecule has 0 spiro atoms. The number of allylic oxidation sites excluding steroid dienone is 1. The lowest BCUT2D eigenvalue weighted by molar-refractivity contribution is -0.151. The molecule has 3 fully saturated rings. The summed E-state index contributed by atoms with van der Waals surface area (Å²) in [6, 6.07) is 9.90. The fraction of sp³-hybridized carbons (Fsp3) is 0.633. The second-order valence-corrected chi connectivity index (χ2v) is 11.8. The Morgan fingerprint density at radius 3 is 2.56 bits per heavy atom. The summed E-state index contributed by atoms with van der Waals surface area (Å²) in [5.41, 5.74) is 2.67. The van der Waals surface area contributed by atoms with Crippen molar-refractivity contribution in [3.05, 3.63) is 47.5 Å². The number of rotatable bonds is 6. The third kappa shape index (κ3) is 4.07. The minimum absolute atomic E-state index is 0.00180. The van der Waals surface area contributed by atoms with Crippen molar-refractivity contribution in [2.75, 3.05) is 6.61 Å². The highest BCUT2D eigenvalue weighted by Crippen LogP contribution is 2.66. The van der Waals surface area contributed by atoms with E-state index >= 15 is 0 Å². The molecule has 4 aliphatic carbocycles. The van der Waals surface area contributed by atoms with Gasteiger partial charge in [-0.1, -0.05) is 49.8 Å². The van der Waals surface area contributed by atoms with Crippen molar-refractivity contribution in [2.45, 2.75) is 78.1 Å². The van der Waals surface area contributed by atoms with E-state index in [1.54, 1.807) is 0 Å². The van der Waals surface area contributed by atoms with Crippen molar-refractivity contribution < 1.29 is 19.1 Å². The standard InChI is InChI=1S/C30H38O4/c1-29-16-14-22(31)18-21(29)9-10-23-24-11-12-26(30(24,2)17-15-25(23)29)27(32)19-34-28(33)13-8-20-6-4-3-5-7-20/h3-7,18,23-26H,8-17,19H2,1-2H3. The van der Waals surface area contributed by atoms with E-state index in [1.165, 1.54) is 5.57 Å². The molecule has 0 aromatic heterocycles. The number of hydrogen-bond donors (Lipinski definition) is 0. The highest BCUT2D eigenvalue weighted by molar-refractivity contribution is 5.91. The van der Waals surface area contributed by atoms with Crippen LogP contribution in [0.15, 0.2) is 42.0 Å². The van der Waals surface area contributed by atoms with E-state index in [0.29, 0.717) is 42.8 Å². The van der Waals surface area contributed by atoms with E-state index in [-0.39, 0.29) is 35.1 Å². The van der Waals surface area contributed by atoms with Crippen molar-refractivity contribution in [1.29, 1.82) is 0 Å².